The third-order valence-corrected chi connectivity index (χ3v) is 4.34. The Kier molecular flexibility index (Phi) is 4.50. The highest BCUT2D eigenvalue weighted by molar-refractivity contribution is 7.13. The average molecular weight is 346 g/mol. The number of thiophene rings is 1. The predicted molar refractivity (Wildman–Crippen MR) is 92.2 cm³/mol. The van der Waals surface area contributed by atoms with Gasteiger partial charge >= 0.3 is 6.09 Å². The van der Waals surface area contributed by atoms with Crippen molar-refractivity contribution < 1.29 is 14.3 Å². The smallest absolute Gasteiger partial charge is 0.391 e. The molecule has 0 unspecified atom stereocenters. The van der Waals surface area contributed by atoms with Crippen molar-refractivity contribution >= 4 is 28.5 Å². The number of hydrogen-bond donors (Lipinski definition) is 0. The van der Waals surface area contributed by atoms with Crippen molar-refractivity contribution in [3.63, 3.8) is 0 Å². The van der Waals surface area contributed by atoms with Crippen LogP contribution in [0.15, 0.2) is 23.6 Å². The molecule has 126 valence electrons. The molecule has 3 aromatic rings. The normalized spacial score (nSPS) is 11.0. The van der Waals surface area contributed by atoms with Crippen molar-refractivity contribution in [1.82, 2.24) is 19.7 Å². The van der Waals surface area contributed by atoms with E-state index in [4.69, 9.17) is 9.47 Å². The lowest BCUT2D eigenvalue weighted by Gasteiger charge is -2.11. The summed E-state index contributed by atoms with van der Waals surface area (Å²) in [5.74, 6) is 0.231. The quantitative estimate of drug-likeness (QED) is 0.726. The second-order valence-electron chi connectivity index (χ2n) is 5.46. The highest BCUT2D eigenvalue weighted by atomic mass is 32.1. The molecule has 0 saturated heterocycles. The summed E-state index contributed by atoms with van der Waals surface area (Å²) in [5.41, 5.74) is 2.38. The van der Waals surface area contributed by atoms with E-state index in [1.54, 1.807) is 43.3 Å². The summed E-state index contributed by atoms with van der Waals surface area (Å²) in [5, 5.41) is 7.50. The molecule has 0 N–H and O–H groups in total. The van der Waals surface area contributed by atoms with Gasteiger partial charge in [-0.1, -0.05) is 6.07 Å². The number of aryl methyl sites for hydroxylation is 1. The lowest BCUT2D eigenvalue weighted by atomic mass is 10.1. The molecule has 24 heavy (non-hydrogen) atoms. The molecule has 0 atom stereocenters. The number of aromatic nitrogens is 3. The number of amides is 1. The van der Waals surface area contributed by atoms with Crippen molar-refractivity contribution in [2.75, 3.05) is 21.2 Å². The molecule has 8 heteroatoms. The van der Waals surface area contributed by atoms with Crippen LogP contribution in [0.2, 0.25) is 0 Å². The topological polar surface area (TPSA) is 69.5 Å². The van der Waals surface area contributed by atoms with Gasteiger partial charge in [0.05, 0.1) is 16.9 Å². The Morgan fingerprint density at radius 3 is 2.83 bits per heavy atom. The number of carbonyl (C=O) groups excluding carboxylic acids is 1. The Morgan fingerprint density at radius 2 is 2.21 bits per heavy atom. The zero-order valence-electron chi connectivity index (χ0n) is 13.9. The first kappa shape index (κ1) is 16.4. The highest BCUT2D eigenvalue weighted by Gasteiger charge is 2.19. The van der Waals surface area contributed by atoms with Gasteiger partial charge in [-0.2, -0.15) is 10.1 Å². The maximum absolute atomic E-state index is 11.8. The van der Waals surface area contributed by atoms with E-state index >= 15 is 0 Å². The summed E-state index contributed by atoms with van der Waals surface area (Å²) >= 11 is 1.61. The van der Waals surface area contributed by atoms with Crippen LogP contribution in [0.4, 0.5) is 4.79 Å². The van der Waals surface area contributed by atoms with Crippen molar-refractivity contribution in [2.45, 2.75) is 6.61 Å². The third kappa shape index (κ3) is 2.98. The largest absolute Gasteiger partial charge is 0.416 e. The molecule has 0 radical (unpaired) electrons. The molecular weight excluding hydrogens is 328 g/mol. The first-order chi connectivity index (χ1) is 11.5. The molecule has 3 aromatic heterocycles. The summed E-state index contributed by atoms with van der Waals surface area (Å²) in [7, 11) is 6.69. The molecule has 3 rings (SSSR count). The maximum Gasteiger partial charge on any atom is 0.416 e. The minimum Gasteiger partial charge on any atom is -0.391 e. The van der Waals surface area contributed by atoms with Crippen LogP contribution < -0.4 is 4.74 Å². The van der Waals surface area contributed by atoms with Gasteiger partial charge in [0.25, 0.3) is 0 Å². The molecule has 3 heterocycles. The van der Waals surface area contributed by atoms with Crippen molar-refractivity contribution in [3.05, 3.63) is 29.1 Å². The van der Waals surface area contributed by atoms with E-state index < -0.39 is 6.09 Å². The van der Waals surface area contributed by atoms with E-state index in [2.05, 4.69) is 10.1 Å². The van der Waals surface area contributed by atoms with Gasteiger partial charge < -0.3 is 14.4 Å². The van der Waals surface area contributed by atoms with E-state index in [1.165, 1.54) is 4.90 Å². The Hall–Kier alpha value is -2.45. The number of methoxy groups -OCH3 is 1. The van der Waals surface area contributed by atoms with Gasteiger partial charge in [-0.05, 0) is 17.0 Å². The number of hydrogen-bond acceptors (Lipinski definition) is 6. The van der Waals surface area contributed by atoms with E-state index in [0.717, 1.165) is 21.5 Å². The summed E-state index contributed by atoms with van der Waals surface area (Å²) < 4.78 is 12.3. The molecule has 0 saturated carbocycles. The van der Waals surface area contributed by atoms with Gasteiger partial charge in [0.15, 0.2) is 5.65 Å². The first-order valence-electron chi connectivity index (χ1n) is 7.30. The highest BCUT2D eigenvalue weighted by Crippen LogP contribution is 2.34. The van der Waals surface area contributed by atoms with E-state index in [1.807, 2.05) is 24.6 Å². The zero-order chi connectivity index (χ0) is 17.3. The van der Waals surface area contributed by atoms with Crippen molar-refractivity contribution in [1.29, 1.82) is 0 Å². The molecule has 0 bridgehead atoms. The van der Waals surface area contributed by atoms with Gasteiger partial charge in [0.1, 0.15) is 5.69 Å². The van der Waals surface area contributed by atoms with Gasteiger partial charge in [0, 0.05) is 34.3 Å². The van der Waals surface area contributed by atoms with Crippen molar-refractivity contribution in [2.24, 2.45) is 7.05 Å². The number of pyridine rings is 1. The summed E-state index contributed by atoms with van der Waals surface area (Å²) in [6, 6.07) is 5.73. The van der Waals surface area contributed by atoms with Crippen LogP contribution in [0.5, 0.6) is 5.88 Å². The van der Waals surface area contributed by atoms with Gasteiger partial charge in [-0.15, -0.1) is 11.3 Å². The number of nitrogens with zero attached hydrogens (tertiary/aromatic N) is 4. The Bertz CT molecular complexity index is 871. The summed E-state index contributed by atoms with van der Waals surface area (Å²) in [6.45, 7) is 0.371. The van der Waals surface area contributed by atoms with Crippen LogP contribution in [0, 0.1) is 0 Å². The van der Waals surface area contributed by atoms with Crippen LogP contribution in [0.1, 0.15) is 5.56 Å². The van der Waals surface area contributed by atoms with Gasteiger partial charge in [-0.25, -0.2) is 9.48 Å². The second-order valence-corrected chi connectivity index (χ2v) is 6.41. The lowest BCUT2D eigenvalue weighted by Crippen LogP contribution is -2.25. The molecule has 0 aliphatic rings. The van der Waals surface area contributed by atoms with E-state index in [0.29, 0.717) is 12.3 Å². The predicted octanol–water partition coefficient (Wildman–Crippen LogP) is 2.90. The Balaban J connectivity index is 2.17. The third-order valence-electron chi connectivity index (χ3n) is 3.46. The van der Waals surface area contributed by atoms with Crippen LogP contribution in [-0.4, -0.2) is 47.0 Å². The summed E-state index contributed by atoms with van der Waals surface area (Å²) in [6.07, 6.45) is -0.481. The molecule has 0 fully saturated rings. The fraction of sp³-hybridized carbons (Fsp3) is 0.312. The van der Waals surface area contributed by atoms with Crippen LogP contribution in [-0.2, 0) is 18.4 Å². The van der Waals surface area contributed by atoms with E-state index in [9.17, 15) is 4.79 Å². The molecule has 0 spiro atoms. The second kappa shape index (κ2) is 6.58. The Morgan fingerprint density at radius 1 is 1.42 bits per heavy atom. The van der Waals surface area contributed by atoms with Crippen LogP contribution in [0.3, 0.4) is 0 Å². The van der Waals surface area contributed by atoms with Crippen LogP contribution in [0.25, 0.3) is 21.6 Å². The lowest BCUT2D eigenvalue weighted by molar-refractivity contribution is 0.169. The monoisotopic (exact) mass is 346 g/mol. The average Bonchev–Trinajstić information content (AvgIpc) is 3.16. The fourth-order valence-electron chi connectivity index (χ4n) is 2.39. The number of carbonyl (C=O) groups is 1. The number of ether oxygens (including phenoxy) is 2. The number of fused-ring (bicyclic) bond motifs is 1. The molecule has 0 aliphatic heterocycles. The van der Waals surface area contributed by atoms with Gasteiger partial charge in [0.2, 0.25) is 5.88 Å². The molecule has 7 nitrogen and oxygen atoms in total. The molecule has 0 aliphatic carbocycles. The van der Waals surface area contributed by atoms with Crippen LogP contribution >= 0.6 is 11.3 Å². The summed E-state index contributed by atoms with van der Waals surface area (Å²) in [4.78, 5) is 18.7. The fourth-order valence-corrected chi connectivity index (χ4v) is 3.10. The minimum absolute atomic E-state index is 0.231. The molecule has 0 aromatic carbocycles. The Labute approximate surface area is 143 Å². The van der Waals surface area contributed by atoms with Gasteiger partial charge in [-0.3, -0.25) is 0 Å². The SMILES string of the molecule is COCc1cc(OC(=O)N(C)C)nc2c1c(-c1cccs1)nn2C. The first-order valence-corrected chi connectivity index (χ1v) is 8.17. The standard InChI is InChI=1S/C16H18N4O3S/c1-19(2)16(21)23-12-8-10(9-22-4)13-14(11-6-5-7-24-11)18-20(3)15(13)17-12/h5-8H,9H2,1-4H3. The molecular formula is C16H18N4O3S. The minimum atomic E-state index is -0.481. The maximum atomic E-state index is 11.8. The van der Waals surface area contributed by atoms with E-state index in [-0.39, 0.29) is 5.88 Å². The van der Waals surface area contributed by atoms with Crippen molar-refractivity contribution in [3.8, 4) is 16.5 Å². The molecule has 1 amide bonds. The number of rotatable bonds is 4. The zero-order valence-corrected chi connectivity index (χ0v) is 14.8.